The molecule has 1 fully saturated rings. The molecular weight excluding hydrogens is 413 g/mol. The van der Waals surface area contributed by atoms with E-state index in [1.54, 1.807) is 17.2 Å². The van der Waals surface area contributed by atoms with E-state index < -0.39 is 5.60 Å². The van der Waals surface area contributed by atoms with Gasteiger partial charge < -0.3 is 14.5 Å². The van der Waals surface area contributed by atoms with Crippen molar-refractivity contribution in [3.05, 3.63) is 22.8 Å². The molecule has 9 heteroatoms. The van der Waals surface area contributed by atoms with Gasteiger partial charge in [0.1, 0.15) is 11.4 Å². The lowest BCUT2D eigenvalue weighted by atomic mass is 10.1. The van der Waals surface area contributed by atoms with Gasteiger partial charge in [-0.3, -0.25) is 4.79 Å². The average Bonchev–Trinajstić information content (AvgIpc) is 2.53. The molecule has 0 bridgehead atoms. The number of amides is 1. The highest BCUT2D eigenvalue weighted by Gasteiger charge is 2.27. The van der Waals surface area contributed by atoms with E-state index in [2.05, 4.69) is 4.98 Å². The number of nitrogens with zero attached hydrogens (tertiary/aromatic N) is 3. The number of hydrogen-bond acceptors (Lipinski definition) is 5. The van der Waals surface area contributed by atoms with Crippen LogP contribution in [0, 0.1) is 0 Å². The molecule has 2 rings (SSSR count). The standard InChI is InChI=1S/C18H26ClN3O3.2ClH/c1-5-6-15(23)13-11-14(19)16(20-12-13)21-7-9-22(10-8-21)17(24)25-18(2,3)4;;/h11-12H,5-10H2,1-4H3;2*1H. The minimum atomic E-state index is -0.500. The first kappa shape index (κ1) is 25.8. The molecule has 0 spiro atoms. The van der Waals surface area contributed by atoms with E-state index in [9.17, 15) is 9.59 Å². The van der Waals surface area contributed by atoms with Crippen molar-refractivity contribution < 1.29 is 14.3 Å². The zero-order valence-electron chi connectivity index (χ0n) is 16.2. The van der Waals surface area contributed by atoms with Crippen LogP contribution in [0.15, 0.2) is 12.3 Å². The molecule has 0 radical (unpaired) electrons. The van der Waals surface area contributed by atoms with Gasteiger partial charge in [-0.2, -0.15) is 0 Å². The molecule has 0 unspecified atom stereocenters. The molecule has 1 aliphatic heterocycles. The van der Waals surface area contributed by atoms with E-state index in [1.165, 1.54) is 0 Å². The largest absolute Gasteiger partial charge is 0.444 e. The summed E-state index contributed by atoms with van der Waals surface area (Å²) in [5.74, 6) is 0.705. The second kappa shape index (κ2) is 10.9. The van der Waals surface area contributed by atoms with Gasteiger partial charge in [0.05, 0.1) is 5.02 Å². The predicted octanol–water partition coefficient (Wildman–Crippen LogP) is 4.62. The van der Waals surface area contributed by atoms with Crippen LogP contribution < -0.4 is 4.90 Å². The Labute approximate surface area is 178 Å². The number of halogens is 3. The highest BCUT2D eigenvalue weighted by atomic mass is 35.5. The molecule has 2 heterocycles. The van der Waals surface area contributed by atoms with Crippen LogP contribution in [0.3, 0.4) is 0 Å². The van der Waals surface area contributed by atoms with Crippen molar-refractivity contribution in [2.45, 2.75) is 46.1 Å². The summed E-state index contributed by atoms with van der Waals surface area (Å²) in [4.78, 5) is 32.1. The van der Waals surface area contributed by atoms with Crippen LogP contribution in [-0.2, 0) is 4.74 Å². The SMILES string of the molecule is CCCC(=O)c1cnc(N2CCN(C(=O)OC(C)(C)C)CC2)c(Cl)c1.Cl.Cl. The number of ketones is 1. The number of carbonyl (C=O) groups excluding carboxylic acids is 2. The number of aromatic nitrogens is 1. The minimum absolute atomic E-state index is 0. The minimum Gasteiger partial charge on any atom is -0.444 e. The molecule has 154 valence electrons. The fraction of sp³-hybridized carbons (Fsp3) is 0.611. The maximum Gasteiger partial charge on any atom is 0.410 e. The summed E-state index contributed by atoms with van der Waals surface area (Å²) >= 11 is 6.33. The summed E-state index contributed by atoms with van der Waals surface area (Å²) in [6, 6.07) is 1.68. The predicted molar refractivity (Wildman–Crippen MR) is 113 cm³/mol. The molecule has 6 nitrogen and oxygen atoms in total. The number of anilines is 1. The summed E-state index contributed by atoms with van der Waals surface area (Å²) in [5.41, 5.74) is 0.0444. The van der Waals surface area contributed by atoms with Gasteiger partial charge in [-0.25, -0.2) is 9.78 Å². The second-order valence-electron chi connectivity index (χ2n) is 7.16. The molecular formula is C18H28Cl3N3O3. The van der Waals surface area contributed by atoms with Crippen LogP contribution in [-0.4, -0.2) is 53.5 Å². The summed E-state index contributed by atoms with van der Waals surface area (Å²) in [5, 5.41) is 0.465. The molecule has 0 aromatic carbocycles. The van der Waals surface area contributed by atoms with E-state index in [1.807, 2.05) is 32.6 Å². The van der Waals surface area contributed by atoms with Gasteiger partial charge in [0.25, 0.3) is 0 Å². The highest BCUT2D eigenvalue weighted by molar-refractivity contribution is 6.33. The Morgan fingerprint density at radius 1 is 1.19 bits per heavy atom. The first-order valence-corrected chi connectivity index (χ1v) is 9.00. The normalized spacial score (nSPS) is 14.1. The van der Waals surface area contributed by atoms with Crippen LogP contribution in [0.25, 0.3) is 0 Å². The Morgan fingerprint density at radius 3 is 2.26 bits per heavy atom. The maximum absolute atomic E-state index is 12.1. The number of hydrogen-bond donors (Lipinski definition) is 0. The Bertz CT molecular complexity index is 642. The van der Waals surface area contributed by atoms with Crippen molar-refractivity contribution in [3.8, 4) is 0 Å². The lowest BCUT2D eigenvalue weighted by Crippen LogP contribution is -2.50. The quantitative estimate of drug-likeness (QED) is 0.639. The van der Waals surface area contributed by atoms with Gasteiger partial charge in [-0.05, 0) is 33.3 Å². The molecule has 1 aromatic heterocycles. The number of ether oxygens (including phenoxy) is 1. The zero-order chi connectivity index (χ0) is 18.6. The summed E-state index contributed by atoms with van der Waals surface area (Å²) in [6.45, 7) is 9.85. The van der Waals surface area contributed by atoms with Crippen LogP contribution in [0.2, 0.25) is 5.02 Å². The van der Waals surface area contributed by atoms with Gasteiger partial charge >= 0.3 is 6.09 Å². The number of pyridine rings is 1. The van der Waals surface area contributed by atoms with E-state index in [-0.39, 0.29) is 36.7 Å². The van der Waals surface area contributed by atoms with Crippen molar-refractivity contribution in [1.29, 1.82) is 0 Å². The van der Waals surface area contributed by atoms with Crippen LogP contribution in [0.4, 0.5) is 10.6 Å². The third kappa shape index (κ3) is 7.35. The smallest absolute Gasteiger partial charge is 0.410 e. The molecule has 1 amide bonds. The Hall–Kier alpha value is -1.24. The van der Waals surface area contributed by atoms with Crippen molar-refractivity contribution in [1.82, 2.24) is 9.88 Å². The first-order valence-electron chi connectivity index (χ1n) is 8.63. The number of carbonyl (C=O) groups is 2. The van der Waals surface area contributed by atoms with Gasteiger partial charge in [-0.15, -0.1) is 24.8 Å². The van der Waals surface area contributed by atoms with Gasteiger partial charge in [0, 0.05) is 44.4 Å². The van der Waals surface area contributed by atoms with Crippen molar-refractivity contribution in [2.75, 3.05) is 31.1 Å². The second-order valence-corrected chi connectivity index (χ2v) is 7.56. The Kier molecular flexibility index (Phi) is 10.4. The van der Waals surface area contributed by atoms with Gasteiger partial charge in [0.15, 0.2) is 5.78 Å². The van der Waals surface area contributed by atoms with Crippen molar-refractivity contribution >= 4 is 54.1 Å². The summed E-state index contributed by atoms with van der Waals surface area (Å²) in [7, 11) is 0. The van der Waals surface area contributed by atoms with Gasteiger partial charge in [0.2, 0.25) is 0 Å². The molecule has 1 aliphatic rings. The van der Waals surface area contributed by atoms with Gasteiger partial charge in [-0.1, -0.05) is 18.5 Å². The lowest BCUT2D eigenvalue weighted by molar-refractivity contribution is 0.0240. The van der Waals surface area contributed by atoms with Crippen LogP contribution in [0.5, 0.6) is 0 Å². The monoisotopic (exact) mass is 439 g/mol. The summed E-state index contributed by atoms with van der Waals surface area (Å²) < 4.78 is 5.40. The van der Waals surface area contributed by atoms with E-state index in [0.717, 1.165) is 6.42 Å². The Balaban J connectivity index is 0.00000338. The van der Waals surface area contributed by atoms with E-state index >= 15 is 0 Å². The molecule has 0 atom stereocenters. The molecule has 0 saturated carbocycles. The fourth-order valence-electron chi connectivity index (χ4n) is 2.61. The molecule has 27 heavy (non-hydrogen) atoms. The third-order valence-corrected chi connectivity index (χ3v) is 4.13. The molecule has 0 aliphatic carbocycles. The third-order valence-electron chi connectivity index (χ3n) is 3.85. The van der Waals surface area contributed by atoms with Crippen LogP contribution >= 0.6 is 36.4 Å². The topological polar surface area (TPSA) is 62.7 Å². The van der Waals surface area contributed by atoms with Crippen molar-refractivity contribution in [2.24, 2.45) is 0 Å². The van der Waals surface area contributed by atoms with Crippen LogP contribution in [0.1, 0.15) is 50.9 Å². The fourth-order valence-corrected chi connectivity index (χ4v) is 2.90. The maximum atomic E-state index is 12.1. The van der Waals surface area contributed by atoms with Crippen molar-refractivity contribution in [3.63, 3.8) is 0 Å². The zero-order valence-corrected chi connectivity index (χ0v) is 18.5. The average molecular weight is 441 g/mol. The first-order chi connectivity index (χ1) is 11.7. The number of Topliss-reactive ketones (excluding diaryl/α,β-unsaturated/α-hetero) is 1. The Morgan fingerprint density at radius 2 is 1.78 bits per heavy atom. The van der Waals surface area contributed by atoms with E-state index in [4.69, 9.17) is 16.3 Å². The molecule has 1 saturated heterocycles. The highest BCUT2D eigenvalue weighted by Crippen LogP contribution is 2.26. The molecule has 0 N–H and O–H groups in total. The van der Waals surface area contributed by atoms with E-state index in [0.29, 0.717) is 49.0 Å². The number of piperazine rings is 1. The summed E-state index contributed by atoms with van der Waals surface area (Å²) in [6.07, 6.45) is 2.57. The number of rotatable bonds is 4. The lowest BCUT2D eigenvalue weighted by Gasteiger charge is -2.36. The molecule has 1 aromatic rings.